The summed E-state index contributed by atoms with van der Waals surface area (Å²) in [4.78, 5) is 0. The first-order chi connectivity index (χ1) is 8.99. The van der Waals surface area contributed by atoms with Gasteiger partial charge in [-0.3, -0.25) is 0 Å². The van der Waals surface area contributed by atoms with E-state index < -0.39 is 23.6 Å². The summed E-state index contributed by atoms with van der Waals surface area (Å²) in [5, 5.41) is 10.00. The Morgan fingerprint density at radius 3 is 2.42 bits per heavy atom. The third kappa shape index (κ3) is 3.16. The van der Waals surface area contributed by atoms with Crippen molar-refractivity contribution in [3.8, 4) is 0 Å². The van der Waals surface area contributed by atoms with E-state index >= 15 is 0 Å². The third-order valence-electron chi connectivity index (χ3n) is 2.76. The molecule has 0 radical (unpaired) electrons. The number of hydrogen-bond donors (Lipinski definition) is 1. The molecule has 0 fully saturated rings. The highest BCUT2D eigenvalue weighted by atomic mass is 79.9. The second kappa shape index (κ2) is 5.75. The lowest BCUT2D eigenvalue weighted by Gasteiger charge is -2.14. The highest BCUT2D eigenvalue weighted by Crippen LogP contribution is 2.29. The van der Waals surface area contributed by atoms with Crippen molar-refractivity contribution < 1.29 is 18.3 Å². The Kier molecular flexibility index (Phi) is 4.27. The molecule has 0 spiro atoms. The topological polar surface area (TPSA) is 20.2 Å². The predicted octanol–water partition coefficient (Wildman–Crippen LogP) is 4.14. The van der Waals surface area contributed by atoms with E-state index in [1.165, 1.54) is 18.2 Å². The Morgan fingerprint density at radius 2 is 1.79 bits per heavy atom. The van der Waals surface area contributed by atoms with Crippen LogP contribution in [0.1, 0.15) is 17.2 Å². The molecule has 0 aromatic heterocycles. The summed E-state index contributed by atoms with van der Waals surface area (Å²) in [6.07, 6.45) is -1.35. The van der Waals surface area contributed by atoms with Crippen LogP contribution in [0.2, 0.25) is 0 Å². The Morgan fingerprint density at radius 1 is 1.05 bits per heavy atom. The molecule has 19 heavy (non-hydrogen) atoms. The number of benzene rings is 2. The molecule has 1 atom stereocenters. The minimum Gasteiger partial charge on any atom is -0.388 e. The van der Waals surface area contributed by atoms with Gasteiger partial charge >= 0.3 is 0 Å². The molecule has 0 saturated carbocycles. The molecule has 0 aliphatic heterocycles. The van der Waals surface area contributed by atoms with Gasteiger partial charge in [0.25, 0.3) is 0 Å². The summed E-state index contributed by atoms with van der Waals surface area (Å²) in [6, 6.07) is 7.36. The fraction of sp³-hybridized carbons (Fsp3) is 0.143. The van der Waals surface area contributed by atoms with Gasteiger partial charge < -0.3 is 5.11 Å². The fourth-order valence-corrected chi connectivity index (χ4v) is 2.43. The minimum absolute atomic E-state index is 0.0613. The lowest BCUT2D eigenvalue weighted by Crippen LogP contribution is -2.07. The summed E-state index contributed by atoms with van der Waals surface area (Å²) in [7, 11) is 0. The highest BCUT2D eigenvalue weighted by Gasteiger charge is 2.18. The molecule has 1 unspecified atom stereocenters. The first-order valence-electron chi connectivity index (χ1n) is 5.55. The monoisotopic (exact) mass is 330 g/mol. The molecule has 1 N–H and O–H groups in total. The third-order valence-corrected chi connectivity index (χ3v) is 3.45. The Balaban J connectivity index is 2.28. The standard InChI is InChI=1S/C14H10BrF3O/c15-10-2-1-3-11(17)14(10)13(19)6-8-4-5-9(16)7-12(8)18/h1-5,7,13,19H,6H2. The van der Waals surface area contributed by atoms with Crippen LogP contribution in [0.4, 0.5) is 13.2 Å². The lowest BCUT2D eigenvalue weighted by molar-refractivity contribution is 0.171. The van der Waals surface area contributed by atoms with Crippen LogP contribution in [-0.2, 0) is 6.42 Å². The van der Waals surface area contributed by atoms with Gasteiger partial charge in [0, 0.05) is 22.5 Å². The van der Waals surface area contributed by atoms with Crippen molar-refractivity contribution in [2.45, 2.75) is 12.5 Å². The van der Waals surface area contributed by atoms with Gasteiger partial charge in [-0.1, -0.05) is 28.1 Å². The van der Waals surface area contributed by atoms with Gasteiger partial charge in [-0.25, -0.2) is 13.2 Å². The lowest BCUT2D eigenvalue weighted by atomic mass is 10.0. The molecule has 0 bridgehead atoms. The smallest absolute Gasteiger partial charge is 0.130 e. The molecule has 0 aliphatic carbocycles. The minimum atomic E-state index is -1.21. The Labute approximate surface area is 116 Å². The molecular weight excluding hydrogens is 321 g/mol. The van der Waals surface area contributed by atoms with Crippen LogP contribution in [0.25, 0.3) is 0 Å². The summed E-state index contributed by atoms with van der Waals surface area (Å²) in [5.41, 5.74) is 0.190. The first kappa shape index (κ1) is 14.1. The van der Waals surface area contributed by atoms with Crippen LogP contribution < -0.4 is 0 Å². The van der Waals surface area contributed by atoms with Crippen molar-refractivity contribution in [2.24, 2.45) is 0 Å². The van der Waals surface area contributed by atoms with Crippen LogP contribution in [0.15, 0.2) is 40.9 Å². The van der Waals surface area contributed by atoms with Crippen molar-refractivity contribution in [3.63, 3.8) is 0 Å². The normalized spacial score (nSPS) is 12.5. The van der Waals surface area contributed by atoms with Crippen molar-refractivity contribution >= 4 is 15.9 Å². The van der Waals surface area contributed by atoms with Gasteiger partial charge in [0.15, 0.2) is 0 Å². The fourth-order valence-electron chi connectivity index (χ4n) is 1.83. The van der Waals surface area contributed by atoms with Crippen molar-refractivity contribution in [2.75, 3.05) is 0 Å². The van der Waals surface area contributed by atoms with Gasteiger partial charge in [0.2, 0.25) is 0 Å². The molecule has 0 saturated heterocycles. The van der Waals surface area contributed by atoms with Gasteiger partial charge in [0.1, 0.15) is 17.5 Å². The maximum absolute atomic E-state index is 13.6. The van der Waals surface area contributed by atoms with Crippen LogP contribution in [0.5, 0.6) is 0 Å². The van der Waals surface area contributed by atoms with Crippen LogP contribution in [0, 0.1) is 17.5 Å². The average molecular weight is 331 g/mol. The maximum atomic E-state index is 13.6. The molecule has 0 aliphatic rings. The molecular formula is C14H10BrF3O. The van der Waals surface area contributed by atoms with E-state index in [9.17, 15) is 18.3 Å². The second-order valence-corrected chi connectivity index (χ2v) is 4.95. The predicted molar refractivity (Wildman–Crippen MR) is 69.1 cm³/mol. The second-order valence-electron chi connectivity index (χ2n) is 4.09. The summed E-state index contributed by atoms with van der Waals surface area (Å²) in [6.45, 7) is 0. The number of hydrogen-bond acceptors (Lipinski definition) is 1. The van der Waals surface area contributed by atoms with E-state index in [2.05, 4.69) is 15.9 Å². The molecule has 0 amide bonds. The number of rotatable bonds is 3. The van der Waals surface area contributed by atoms with E-state index in [1.807, 2.05) is 0 Å². The Hall–Kier alpha value is -1.33. The van der Waals surface area contributed by atoms with E-state index in [4.69, 9.17) is 0 Å². The van der Waals surface area contributed by atoms with Crippen molar-refractivity contribution in [1.29, 1.82) is 0 Å². The highest BCUT2D eigenvalue weighted by molar-refractivity contribution is 9.10. The van der Waals surface area contributed by atoms with Gasteiger partial charge in [-0.2, -0.15) is 0 Å². The van der Waals surface area contributed by atoms with Crippen molar-refractivity contribution in [1.82, 2.24) is 0 Å². The zero-order chi connectivity index (χ0) is 14.0. The number of aliphatic hydroxyl groups excluding tert-OH is 1. The van der Waals surface area contributed by atoms with Gasteiger partial charge in [-0.15, -0.1) is 0 Å². The quantitative estimate of drug-likeness (QED) is 0.896. The van der Waals surface area contributed by atoms with E-state index in [-0.39, 0.29) is 17.5 Å². The summed E-state index contributed by atoms with van der Waals surface area (Å²) in [5.74, 6) is -2.03. The number of halogens is 4. The Bertz CT molecular complexity index is 581. The van der Waals surface area contributed by atoms with E-state index in [0.717, 1.165) is 12.1 Å². The van der Waals surface area contributed by atoms with Crippen LogP contribution in [0.3, 0.4) is 0 Å². The maximum Gasteiger partial charge on any atom is 0.130 e. The van der Waals surface area contributed by atoms with E-state index in [0.29, 0.717) is 4.47 Å². The molecule has 2 aromatic rings. The zero-order valence-electron chi connectivity index (χ0n) is 9.71. The molecule has 5 heteroatoms. The molecule has 1 nitrogen and oxygen atoms in total. The largest absolute Gasteiger partial charge is 0.388 e. The zero-order valence-corrected chi connectivity index (χ0v) is 11.3. The number of aliphatic hydroxyl groups is 1. The first-order valence-corrected chi connectivity index (χ1v) is 6.34. The van der Waals surface area contributed by atoms with Crippen molar-refractivity contribution in [3.05, 3.63) is 69.4 Å². The summed E-state index contributed by atoms with van der Waals surface area (Å²) < 4.78 is 40.3. The summed E-state index contributed by atoms with van der Waals surface area (Å²) >= 11 is 3.14. The molecule has 2 rings (SSSR count). The average Bonchev–Trinajstić information content (AvgIpc) is 2.32. The van der Waals surface area contributed by atoms with Crippen LogP contribution >= 0.6 is 15.9 Å². The SMILES string of the molecule is OC(Cc1ccc(F)cc1F)c1c(F)cccc1Br. The van der Waals surface area contributed by atoms with E-state index in [1.54, 1.807) is 6.07 Å². The molecule has 100 valence electrons. The molecule has 2 aromatic carbocycles. The van der Waals surface area contributed by atoms with Gasteiger partial charge in [0.05, 0.1) is 6.10 Å². The van der Waals surface area contributed by atoms with Gasteiger partial charge in [-0.05, 0) is 23.8 Å². The van der Waals surface area contributed by atoms with Crippen LogP contribution in [-0.4, -0.2) is 5.11 Å². The molecule has 0 heterocycles.